The van der Waals surface area contributed by atoms with Gasteiger partial charge in [0.2, 0.25) is 11.8 Å². The van der Waals surface area contributed by atoms with E-state index in [1.807, 2.05) is 0 Å². The Morgan fingerprint density at radius 1 is 1.41 bits per heavy atom. The van der Waals surface area contributed by atoms with Crippen LogP contribution in [0.2, 0.25) is 5.02 Å². The maximum atomic E-state index is 12.6. The van der Waals surface area contributed by atoms with Crippen molar-refractivity contribution in [1.82, 2.24) is 10.2 Å². The first-order valence-electron chi connectivity index (χ1n) is 7.09. The Kier molecular flexibility index (Phi) is 3.78. The molecule has 0 radical (unpaired) electrons. The van der Waals surface area contributed by atoms with Crippen molar-refractivity contribution in [1.29, 1.82) is 0 Å². The summed E-state index contributed by atoms with van der Waals surface area (Å²) in [5.41, 5.74) is 0.869. The van der Waals surface area contributed by atoms with Gasteiger partial charge >= 0.3 is 0 Å². The Balaban J connectivity index is 1.76. The normalized spacial score (nSPS) is 23.0. The Morgan fingerprint density at radius 2 is 2.18 bits per heavy atom. The molecule has 2 heterocycles. The minimum Gasteiger partial charge on any atom is -0.480 e. The number of hydrogen-bond donors (Lipinski definition) is 1. The van der Waals surface area contributed by atoms with Gasteiger partial charge < -0.3 is 9.64 Å². The van der Waals surface area contributed by atoms with Gasteiger partial charge in [-0.25, -0.2) is 0 Å². The van der Waals surface area contributed by atoms with Crippen LogP contribution in [0.15, 0.2) is 18.2 Å². The smallest absolute Gasteiger partial charge is 0.264 e. The fourth-order valence-electron chi connectivity index (χ4n) is 2.86. The van der Waals surface area contributed by atoms with E-state index in [1.165, 1.54) is 4.90 Å². The maximum Gasteiger partial charge on any atom is 0.264 e. The predicted octanol–water partition coefficient (Wildman–Crippen LogP) is 0.907. The molecule has 0 aliphatic carbocycles. The molecule has 0 unspecified atom stereocenters. The SMILES string of the molecule is CCN(C(=O)[C@@H]1Cc2cc(Cl)ccc2O1)[C@H]1CC(=O)NC1=O. The van der Waals surface area contributed by atoms with Crippen molar-refractivity contribution in [2.75, 3.05) is 6.54 Å². The second-order valence-corrected chi connectivity index (χ2v) is 5.76. The van der Waals surface area contributed by atoms with E-state index in [0.29, 0.717) is 23.7 Å². The molecule has 3 rings (SSSR count). The van der Waals surface area contributed by atoms with Gasteiger partial charge in [-0.2, -0.15) is 0 Å². The predicted molar refractivity (Wildman–Crippen MR) is 78.5 cm³/mol. The van der Waals surface area contributed by atoms with E-state index in [2.05, 4.69) is 5.32 Å². The lowest BCUT2D eigenvalue weighted by atomic mass is 10.1. The fourth-order valence-corrected chi connectivity index (χ4v) is 3.06. The number of benzene rings is 1. The summed E-state index contributed by atoms with van der Waals surface area (Å²) in [7, 11) is 0. The largest absolute Gasteiger partial charge is 0.480 e. The number of nitrogens with one attached hydrogen (secondary N) is 1. The van der Waals surface area contributed by atoms with Gasteiger partial charge in [-0.15, -0.1) is 0 Å². The van der Waals surface area contributed by atoms with Gasteiger partial charge in [-0.1, -0.05) is 11.6 Å². The van der Waals surface area contributed by atoms with Gasteiger partial charge in [0.05, 0.1) is 6.42 Å². The number of rotatable bonds is 3. The lowest BCUT2D eigenvalue weighted by Crippen LogP contribution is -2.49. The first kappa shape index (κ1) is 14.8. The van der Waals surface area contributed by atoms with Gasteiger partial charge in [-0.05, 0) is 30.7 Å². The van der Waals surface area contributed by atoms with Crippen LogP contribution in [0.5, 0.6) is 5.75 Å². The summed E-state index contributed by atoms with van der Waals surface area (Å²) < 4.78 is 5.66. The molecule has 2 aliphatic heterocycles. The molecule has 0 bridgehead atoms. The lowest BCUT2D eigenvalue weighted by Gasteiger charge is -2.27. The maximum absolute atomic E-state index is 12.6. The molecule has 1 fully saturated rings. The average Bonchev–Trinajstić information content (AvgIpc) is 3.02. The summed E-state index contributed by atoms with van der Waals surface area (Å²) >= 11 is 5.94. The van der Waals surface area contributed by atoms with E-state index in [-0.39, 0.29) is 18.2 Å². The Morgan fingerprint density at radius 3 is 2.82 bits per heavy atom. The molecule has 22 heavy (non-hydrogen) atoms. The van der Waals surface area contributed by atoms with E-state index in [4.69, 9.17) is 16.3 Å². The number of imide groups is 1. The average molecular weight is 323 g/mol. The van der Waals surface area contributed by atoms with Crippen LogP contribution in [-0.4, -0.2) is 41.3 Å². The van der Waals surface area contributed by atoms with Crippen molar-refractivity contribution in [3.63, 3.8) is 0 Å². The number of hydrogen-bond acceptors (Lipinski definition) is 4. The molecule has 0 spiro atoms. The molecule has 7 heteroatoms. The number of carbonyl (C=O) groups is 3. The summed E-state index contributed by atoms with van der Waals surface area (Å²) in [6.07, 6.45) is -0.269. The van der Waals surface area contributed by atoms with Crippen molar-refractivity contribution in [3.8, 4) is 5.75 Å². The molecule has 1 saturated heterocycles. The number of halogens is 1. The van der Waals surface area contributed by atoms with Crippen LogP contribution in [0.25, 0.3) is 0 Å². The number of likely N-dealkylation sites (N-methyl/N-ethyl adjacent to an activating group) is 1. The zero-order valence-electron chi connectivity index (χ0n) is 12.0. The topological polar surface area (TPSA) is 75.7 Å². The van der Waals surface area contributed by atoms with Crippen molar-refractivity contribution in [2.24, 2.45) is 0 Å². The Labute approximate surface area is 132 Å². The number of amides is 3. The minimum absolute atomic E-state index is 0.00388. The van der Waals surface area contributed by atoms with E-state index < -0.39 is 18.1 Å². The first-order valence-corrected chi connectivity index (χ1v) is 7.46. The van der Waals surface area contributed by atoms with Crippen LogP contribution < -0.4 is 10.1 Å². The zero-order valence-corrected chi connectivity index (χ0v) is 12.7. The van der Waals surface area contributed by atoms with Crippen LogP contribution >= 0.6 is 11.6 Å². The quantitative estimate of drug-likeness (QED) is 0.839. The summed E-state index contributed by atoms with van der Waals surface area (Å²) in [6.45, 7) is 2.11. The summed E-state index contributed by atoms with van der Waals surface area (Å²) in [4.78, 5) is 37.2. The zero-order chi connectivity index (χ0) is 15.9. The number of nitrogens with zero attached hydrogens (tertiary/aromatic N) is 1. The van der Waals surface area contributed by atoms with Gasteiger partial charge in [-0.3, -0.25) is 19.7 Å². The molecule has 0 aromatic heterocycles. The minimum atomic E-state index is -0.749. The highest BCUT2D eigenvalue weighted by molar-refractivity contribution is 6.30. The monoisotopic (exact) mass is 322 g/mol. The highest BCUT2D eigenvalue weighted by atomic mass is 35.5. The van der Waals surface area contributed by atoms with Crippen molar-refractivity contribution in [3.05, 3.63) is 28.8 Å². The van der Waals surface area contributed by atoms with Crippen LogP contribution in [0.4, 0.5) is 0 Å². The van der Waals surface area contributed by atoms with E-state index >= 15 is 0 Å². The summed E-state index contributed by atoms with van der Waals surface area (Å²) in [5.74, 6) is -0.446. The van der Waals surface area contributed by atoms with Crippen molar-refractivity contribution < 1.29 is 19.1 Å². The first-order chi connectivity index (χ1) is 10.5. The molecule has 2 aliphatic rings. The molecule has 1 aromatic rings. The lowest BCUT2D eigenvalue weighted by molar-refractivity contribution is -0.143. The molecular formula is C15H15ClN2O4. The Bertz CT molecular complexity index is 661. The second-order valence-electron chi connectivity index (χ2n) is 5.32. The third-order valence-corrected chi connectivity index (χ3v) is 4.15. The third kappa shape index (κ3) is 2.54. The second kappa shape index (κ2) is 5.61. The van der Waals surface area contributed by atoms with Crippen LogP contribution in [0, 0.1) is 0 Å². The number of ether oxygens (including phenoxy) is 1. The molecule has 1 N–H and O–H groups in total. The van der Waals surface area contributed by atoms with Crippen molar-refractivity contribution in [2.45, 2.75) is 31.9 Å². The van der Waals surface area contributed by atoms with Gasteiger partial charge in [0.25, 0.3) is 5.91 Å². The van der Waals surface area contributed by atoms with E-state index in [9.17, 15) is 14.4 Å². The third-order valence-electron chi connectivity index (χ3n) is 3.92. The molecule has 1 aromatic carbocycles. The van der Waals surface area contributed by atoms with Crippen LogP contribution in [-0.2, 0) is 20.8 Å². The molecule has 6 nitrogen and oxygen atoms in total. The van der Waals surface area contributed by atoms with Gasteiger partial charge in [0, 0.05) is 18.0 Å². The highest BCUT2D eigenvalue weighted by Crippen LogP contribution is 2.32. The summed E-state index contributed by atoms with van der Waals surface area (Å²) in [5, 5.41) is 2.81. The number of fused-ring (bicyclic) bond motifs is 1. The molecule has 0 saturated carbocycles. The van der Waals surface area contributed by atoms with Gasteiger partial charge in [0.15, 0.2) is 6.10 Å². The standard InChI is InChI=1S/C15H15ClN2O4/c1-2-18(10-7-13(19)17-14(10)20)15(21)12-6-8-5-9(16)3-4-11(8)22-12/h3-5,10,12H,2,6-7H2,1H3,(H,17,19,20)/t10-,12-/m0/s1. The van der Waals surface area contributed by atoms with Crippen LogP contribution in [0.3, 0.4) is 0 Å². The molecule has 3 amide bonds. The fraction of sp³-hybridized carbons (Fsp3) is 0.400. The highest BCUT2D eigenvalue weighted by Gasteiger charge is 2.41. The molecule has 2 atom stereocenters. The number of carbonyl (C=O) groups excluding carboxylic acids is 3. The van der Waals surface area contributed by atoms with E-state index in [1.54, 1.807) is 25.1 Å². The van der Waals surface area contributed by atoms with E-state index in [0.717, 1.165) is 5.56 Å². The van der Waals surface area contributed by atoms with Gasteiger partial charge in [0.1, 0.15) is 11.8 Å². The molecular weight excluding hydrogens is 308 g/mol. The summed E-state index contributed by atoms with van der Waals surface area (Å²) in [6, 6.07) is 4.45. The Hall–Kier alpha value is -2.08. The van der Waals surface area contributed by atoms with Crippen LogP contribution in [0.1, 0.15) is 18.9 Å². The molecule has 116 valence electrons. The van der Waals surface area contributed by atoms with Crippen molar-refractivity contribution >= 4 is 29.3 Å².